The van der Waals surface area contributed by atoms with Gasteiger partial charge in [0.05, 0.1) is 5.94 Å². The normalized spacial score (nSPS) is 13.8. The number of ether oxygens (including phenoxy) is 1. The number of alkyl halides is 3. The smallest absolute Gasteiger partial charge is 0.442 e. The number of hydrogen-bond acceptors (Lipinski definition) is 6. The van der Waals surface area contributed by atoms with Crippen LogP contribution in [0.4, 0.5) is 18.0 Å². The van der Waals surface area contributed by atoms with Gasteiger partial charge in [0.25, 0.3) is 12.3 Å². The molecular formula is C24H25BF3N3O5. The summed E-state index contributed by atoms with van der Waals surface area (Å²) in [6, 6.07) is 16.6. The molecule has 36 heavy (non-hydrogen) atoms. The molecule has 0 bridgehead atoms. The molecule has 0 aliphatic heterocycles. The van der Waals surface area contributed by atoms with Crippen molar-refractivity contribution in [3.63, 3.8) is 0 Å². The second-order valence-electron chi connectivity index (χ2n) is 7.86. The van der Waals surface area contributed by atoms with Gasteiger partial charge >= 0.3 is 13.2 Å². The lowest BCUT2D eigenvalue weighted by Crippen LogP contribution is -2.48. The van der Waals surface area contributed by atoms with Crippen LogP contribution >= 0.6 is 0 Å². The van der Waals surface area contributed by atoms with Gasteiger partial charge < -0.3 is 25.0 Å². The molecule has 0 aliphatic carbocycles. The molecule has 0 saturated heterocycles. The third kappa shape index (κ3) is 8.14. The van der Waals surface area contributed by atoms with E-state index in [9.17, 15) is 38.1 Å². The monoisotopic (exact) mass is 503 g/mol. The Kier molecular flexibility index (Phi) is 10.5. The Bertz CT molecular complexity index is 1110. The third-order valence-corrected chi connectivity index (χ3v) is 5.19. The molecule has 0 spiro atoms. The Morgan fingerprint density at radius 1 is 1.17 bits per heavy atom. The fraction of sp³-hybridized carbons (Fsp3) is 0.292. The number of nitrogens with zero attached hydrogens (tertiary/aromatic N) is 2. The topological polar surface area (TPSA) is 123 Å². The summed E-state index contributed by atoms with van der Waals surface area (Å²) >= 11 is 0. The predicted octanol–water partition coefficient (Wildman–Crippen LogP) is 3.02. The number of halogens is 3. The Morgan fingerprint density at radius 3 is 2.42 bits per heavy atom. The quantitative estimate of drug-likeness (QED) is 0.198. The molecule has 0 saturated carbocycles. The van der Waals surface area contributed by atoms with Gasteiger partial charge in [-0.05, 0) is 42.2 Å². The van der Waals surface area contributed by atoms with E-state index in [2.05, 4.69) is 5.32 Å². The molecule has 0 aliphatic rings. The highest BCUT2D eigenvalue weighted by Gasteiger charge is 2.30. The fourth-order valence-corrected chi connectivity index (χ4v) is 3.19. The molecule has 3 N–H and O–H groups in total. The maximum absolute atomic E-state index is 13.5. The van der Waals surface area contributed by atoms with E-state index in [0.29, 0.717) is 11.1 Å². The summed E-state index contributed by atoms with van der Waals surface area (Å²) in [6.45, 7) is 1.55. The molecule has 2 rings (SSSR count). The van der Waals surface area contributed by atoms with Crippen LogP contribution in [-0.2, 0) is 16.0 Å². The lowest BCUT2D eigenvalue weighted by molar-refractivity contribution is -0.137. The second-order valence-corrected chi connectivity index (χ2v) is 7.86. The van der Waals surface area contributed by atoms with E-state index >= 15 is 0 Å². The maximum atomic E-state index is 13.5. The van der Waals surface area contributed by atoms with Crippen LogP contribution in [0.15, 0.2) is 60.2 Å². The van der Waals surface area contributed by atoms with E-state index in [1.54, 1.807) is 55.5 Å². The summed E-state index contributed by atoms with van der Waals surface area (Å²) in [5.41, 5.74) is 0.966. The zero-order valence-corrected chi connectivity index (χ0v) is 19.5. The molecule has 0 fully saturated rings. The van der Waals surface area contributed by atoms with E-state index in [0.717, 1.165) is 18.7 Å². The number of likely N-dealkylation sites (N-methyl/N-ethyl adjacent to an activating group) is 1. The van der Waals surface area contributed by atoms with Crippen LogP contribution in [0, 0.1) is 11.3 Å². The van der Waals surface area contributed by atoms with Crippen LogP contribution in [0.25, 0.3) is 6.08 Å². The molecule has 0 heterocycles. The number of hydrogen-bond donors (Lipinski definition) is 3. The van der Waals surface area contributed by atoms with E-state index in [1.165, 1.54) is 12.1 Å². The molecule has 8 nitrogen and oxygen atoms in total. The van der Waals surface area contributed by atoms with Crippen LogP contribution in [0.5, 0.6) is 0 Å². The van der Waals surface area contributed by atoms with E-state index in [4.69, 9.17) is 4.74 Å². The van der Waals surface area contributed by atoms with Crippen molar-refractivity contribution in [1.82, 2.24) is 10.2 Å². The highest BCUT2D eigenvalue weighted by Crippen LogP contribution is 2.21. The SMILES string of the molecule is CC(OC(=O)NC(Cc1ccccc1)B(O)O)c1cccc(C=C(C#N)C(=O)N(C)C(F)C(F)F)c1. The Morgan fingerprint density at radius 2 is 1.83 bits per heavy atom. The molecule has 0 radical (unpaired) electrons. The third-order valence-electron chi connectivity index (χ3n) is 5.19. The largest absolute Gasteiger partial charge is 0.475 e. The van der Waals surface area contributed by atoms with Crippen molar-refractivity contribution in [2.45, 2.75) is 38.1 Å². The summed E-state index contributed by atoms with van der Waals surface area (Å²) in [4.78, 5) is 24.7. The Balaban J connectivity index is 2.10. The van der Waals surface area contributed by atoms with Crippen LogP contribution in [0.2, 0.25) is 0 Å². The van der Waals surface area contributed by atoms with Gasteiger partial charge in [0, 0.05) is 7.05 Å². The predicted molar refractivity (Wildman–Crippen MR) is 126 cm³/mol. The van der Waals surface area contributed by atoms with Gasteiger partial charge in [-0.25, -0.2) is 18.0 Å². The van der Waals surface area contributed by atoms with E-state index in [1.807, 2.05) is 0 Å². The van der Waals surface area contributed by atoms with Crippen LogP contribution < -0.4 is 5.32 Å². The number of carbonyl (C=O) groups is 2. The molecule has 2 aromatic carbocycles. The van der Waals surface area contributed by atoms with E-state index in [-0.39, 0.29) is 11.3 Å². The minimum atomic E-state index is -3.43. The number of nitriles is 1. The number of amides is 2. The summed E-state index contributed by atoms with van der Waals surface area (Å²) in [5, 5.41) is 30.9. The first-order valence-corrected chi connectivity index (χ1v) is 10.8. The van der Waals surface area contributed by atoms with Crippen molar-refractivity contribution < 1.29 is 37.5 Å². The molecule has 2 amide bonds. The van der Waals surface area contributed by atoms with Gasteiger partial charge in [0.1, 0.15) is 17.7 Å². The number of benzene rings is 2. The first-order valence-electron chi connectivity index (χ1n) is 10.8. The molecular weight excluding hydrogens is 478 g/mol. The minimum Gasteiger partial charge on any atom is -0.442 e. The fourth-order valence-electron chi connectivity index (χ4n) is 3.19. The van der Waals surface area contributed by atoms with Gasteiger partial charge in [0.15, 0.2) is 0 Å². The average Bonchev–Trinajstić information content (AvgIpc) is 2.86. The lowest BCUT2D eigenvalue weighted by atomic mass is 9.76. The van der Waals surface area contributed by atoms with Gasteiger partial charge in [-0.1, -0.05) is 48.5 Å². The van der Waals surface area contributed by atoms with Crippen LogP contribution in [-0.4, -0.2) is 59.8 Å². The summed E-state index contributed by atoms with van der Waals surface area (Å²) in [7, 11) is -1.01. The maximum Gasteiger partial charge on any atom is 0.475 e. The van der Waals surface area contributed by atoms with Gasteiger partial charge in [-0.3, -0.25) is 4.79 Å². The van der Waals surface area contributed by atoms with Crippen molar-refractivity contribution in [1.29, 1.82) is 5.26 Å². The summed E-state index contributed by atoms with van der Waals surface area (Å²) in [6.07, 6.45) is -6.78. The van der Waals surface area contributed by atoms with Crippen molar-refractivity contribution in [3.05, 3.63) is 76.9 Å². The first kappa shape index (κ1) is 28.4. The number of rotatable bonds is 10. The van der Waals surface area contributed by atoms with Crippen LogP contribution in [0.3, 0.4) is 0 Å². The summed E-state index contributed by atoms with van der Waals surface area (Å²) in [5.74, 6) is -2.25. The number of carbonyl (C=O) groups excluding carboxylic acids is 2. The van der Waals surface area contributed by atoms with Crippen molar-refractivity contribution in [3.8, 4) is 6.07 Å². The van der Waals surface area contributed by atoms with Gasteiger partial charge in [0.2, 0.25) is 6.30 Å². The van der Waals surface area contributed by atoms with Gasteiger partial charge in [-0.2, -0.15) is 5.26 Å². The lowest BCUT2D eigenvalue weighted by Gasteiger charge is -2.21. The van der Waals surface area contributed by atoms with Gasteiger partial charge in [-0.15, -0.1) is 0 Å². The first-order chi connectivity index (χ1) is 17.0. The van der Waals surface area contributed by atoms with E-state index < -0.39 is 49.5 Å². The zero-order valence-electron chi connectivity index (χ0n) is 19.5. The highest BCUT2D eigenvalue weighted by molar-refractivity contribution is 6.43. The standard InChI is InChI=1S/C24H25BF3N3O5/c1-15(36-24(33)30-20(25(34)35)13-16-7-4-3-5-8-16)18-10-6-9-17(11-18)12-19(14-29)23(32)31(2)22(28)21(26)27/h3-12,15,20-22,34-35H,13H2,1-2H3,(H,30,33). The molecule has 0 aromatic heterocycles. The number of nitrogens with one attached hydrogen (secondary N) is 1. The van der Waals surface area contributed by atoms with Crippen molar-refractivity contribution in [2.24, 2.45) is 0 Å². The Hall–Kier alpha value is -3.82. The second kappa shape index (κ2) is 13.3. The Labute approximate surface area is 206 Å². The molecule has 12 heteroatoms. The molecule has 2 aromatic rings. The average molecular weight is 503 g/mol. The van der Waals surface area contributed by atoms with Crippen molar-refractivity contribution in [2.75, 3.05) is 7.05 Å². The zero-order chi connectivity index (χ0) is 26.8. The number of alkyl carbamates (subject to hydrolysis) is 1. The highest BCUT2D eigenvalue weighted by atomic mass is 19.3. The summed E-state index contributed by atoms with van der Waals surface area (Å²) < 4.78 is 43.9. The molecule has 3 atom stereocenters. The minimum absolute atomic E-state index is 0.140. The molecule has 3 unspecified atom stereocenters. The molecule has 190 valence electrons. The van der Waals surface area contributed by atoms with Crippen molar-refractivity contribution >= 4 is 25.2 Å². The van der Waals surface area contributed by atoms with Crippen LogP contribution in [0.1, 0.15) is 29.7 Å².